The summed E-state index contributed by atoms with van der Waals surface area (Å²) in [6.45, 7) is 6.41. The molecule has 0 radical (unpaired) electrons. The van der Waals surface area contributed by atoms with Crippen LogP contribution in [0.15, 0.2) is 27.6 Å². The lowest BCUT2D eigenvalue weighted by atomic mass is 9.93. The normalized spacial score (nSPS) is 12.4. The van der Waals surface area contributed by atoms with Gasteiger partial charge in [0.15, 0.2) is 0 Å². The zero-order valence-electron chi connectivity index (χ0n) is 11.6. The number of benzene rings is 1. The minimum absolute atomic E-state index is 0.0329. The fourth-order valence-corrected chi connectivity index (χ4v) is 3.60. The highest BCUT2D eigenvalue weighted by Gasteiger charge is 2.20. The molecule has 112 valence electrons. The van der Waals surface area contributed by atoms with Crippen LogP contribution in [-0.2, 0) is 10.0 Å². The molecule has 0 spiro atoms. The Morgan fingerprint density at radius 2 is 1.95 bits per heavy atom. The van der Waals surface area contributed by atoms with Gasteiger partial charge in [-0.1, -0.05) is 20.8 Å². The predicted octanol–water partition coefficient (Wildman–Crippen LogP) is 2.86. The van der Waals surface area contributed by atoms with E-state index in [-0.39, 0.29) is 20.3 Å². The van der Waals surface area contributed by atoms with Crippen molar-refractivity contribution >= 4 is 31.9 Å². The summed E-state index contributed by atoms with van der Waals surface area (Å²) in [4.78, 5) is 10.8. The molecular formula is C13H18BrNO4S. The number of hydrogen-bond acceptors (Lipinski definition) is 3. The molecule has 0 atom stereocenters. The summed E-state index contributed by atoms with van der Waals surface area (Å²) in [6.07, 6.45) is 0.705. The van der Waals surface area contributed by atoms with Gasteiger partial charge in [0.2, 0.25) is 10.0 Å². The molecule has 1 aromatic rings. The van der Waals surface area contributed by atoms with Crippen LogP contribution in [0.5, 0.6) is 0 Å². The van der Waals surface area contributed by atoms with E-state index < -0.39 is 16.0 Å². The van der Waals surface area contributed by atoms with Crippen LogP contribution in [0.25, 0.3) is 0 Å². The molecule has 0 aliphatic carbocycles. The zero-order valence-corrected chi connectivity index (χ0v) is 14.0. The van der Waals surface area contributed by atoms with Crippen molar-refractivity contribution in [2.75, 3.05) is 6.54 Å². The second kappa shape index (κ2) is 6.24. The molecule has 0 unspecified atom stereocenters. The Morgan fingerprint density at radius 1 is 1.35 bits per heavy atom. The zero-order chi connectivity index (χ0) is 15.6. The lowest BCUT2D eigenvalue weighted by Crippen LogP contribution is -2.27. The van der Waals surface area contributed by atoms with Crippen molar-refractivity contribution in [1.82, 2.24) is 4.72 Å². The van der Waals surface area contributed by atoms with E-state index in [0.29, 0.717) is 13.0 Å². The van der Waals surface area contributed by atoms with Gasteiger partial charge in [-0.05, 0) is 46.0 Å². The third-order valence-electron chi connectivity index (χ3n) is 2.64. The maximum atomic E-state index is 12.1. The van der Waals surface area contributed by atoms with Crippen LogP contribution < -0.4 is 4.72 Å². The van der Waals surface area contributed by atoms with Gasteiger partial charge < -0.3 is 5.11 Å². The van der Waals surface area contributed by atoms with Crippen molar-refractivity contribution in [2.24, 2.45) is 5.41 Å². The Morgan fingerprint density at radius 3 is 2.40 bits per heavy atom. The molecule has 0 aliphatic heterocycles. The minimum Gasteiger partial charge on any atom is -0.478 e. The molecule has 1 rings (SSSR count). The molecule has 0 aliphatic rings. The molecule has 1 aromatic carbocycles. The first-order valence-corrected chi connectivity index (χ1v) is 8.33. The second-order valence-corrected chi connectivity index (χ2v) is 8.25. The van der Waals surface area contributed by atoms with Gasteiger partial charge >= 0.3 is 5.97 Å². The maximum Gasteiger partial charge on any atom is 0.335 e. The Labute approximate surface area is 127 Å². The third kappa shape index (κ3) is 4.88. The molecule has 2 N–H and O–H groups in total. The van der Waals surface area contributed by atoms with E-state index in [1.807, 2.05) is 20.8 Å². The van der Waals surface area contributed by atoms with E-state index in [9.17, 15) is 13.2 Å². The van der Waals surface area contributed by atoms with Gasteiger partial charge in [-0.2, -0.15) is 0 Å². The van der Waals surface area contributed by atoms with E-state index in [0.717, 1.165) is 0 Å². The van der Waals surface area contributed by atoms with Gasteiger partial charge in [0, 0.05) is 11.0 Å². The monoisotopic (exact) mass is 363 g/mol. The van der Waals surface area contributed by atoms with E-state index in [1.54, 1.807) is 0 Å². The number of carboxylic acid groups (broad SMARTS) is 1. The van der Waals surface area contributed by atoms with Gasteiger partial charge in [0.05, 0.1) is 10.5 Å². The third-order valence-corrected chi connectivity index (χ3v) is 5.07. The first-order chi connectivity index (χ1) is 9.03. The molecule has 7 heteroatoms. The summed E-state index contributed by atoms with van der Waals surface area (Å²) < 4.78 is 27.0. The molecule has 0 bridgehead atoms. The smallest absolute Gasteiger partial charge is 0.335 e. The number of aromatic carboxylic acids is 1. The number of hydrogen-bond donors (Lipinski definition) is 2. The van der Waals surface area contributed by atoms with Crippen molar-refractivity contribution in [3.8, 4) is 0 Å². The lowest BCUT2D eigenvalue weighted by molar-refractivity contribution is 0.0696. The van der Waals surface area contributed by atoms with Crippen molar-refractivity contribution in [3.63, 3.8) is 0 Å². The molecule has 0 heterocycles. The summed E-state index contributed by atoms with van der Waals surface area (Å²) in [5.74, 6) is -1.10. The number of carboxylic acids is 1. The van der Waals surface area contributed by atoms with Gasteiger partial charge in [-0.3, -0.25) is 0 Å². The number of carbonyl (C=O) groups is 1. The van der Waals surface area contributed by atoms with Crippen molar-refractivity contribution in [2.45, 2.75) is 32.1 Å². The van der Waals surface area contributed by atoms with E-state index in [2.05, 4.69) is 20.7 Å². The average Bonchev–Trinajstić information content (AvgIpc) is 2.26. The first kappa shape index (κ1) is 17.1. The number of rotatable bonds is 5. The first-order valence-electron chi connectivity index (χ1n) is 6.05. The summed E-state index contributed by atoms with van der Waals surface area (Å²) >= 11 is 3.10. The molecule has 20 heavy (non-hydrogen) atoms. The van der Waals surface area contributed by atoms with Gasteiger partial charge in [0.1, 0.15) is 0 Å². The van der Waals surface area contributed by atoms with Crippen molar-refractivity contribution < 1.29 is 18.3 Å². The molecule has 5 nitrogen and oxygen atoms in total. The topological polar surface area (TPSA) is 83.5 Å². The van der Waals surface area contributed by atoms with Crippen LogP contribution in [0, 0.1) is 5.41 Å². The van der Waals surface area contributed by atoms with Gasteiger partial charge in [-0.25, -0.2) is 17.9 Å². The van der Waals surface area contributed by atoms with Crippen molar-refractivity contribution in [3.05, 3.63) is 28.2 Å². The Balaban J connectivity index is 2.91. The predicted molar refractivity (Wildman–Crippen MR) is 80.4 cm³/mol. The molecule has 0 amide bonds. The van der Waals surface area contributed by atoms with Crippen molar-refractivity contribution in [1.29, 1.82) is 0 Å². The van der Waals surface area contributed by atoms with E-state index in [1.165, 1.54) is 18.2 Å². The quantitative estimate of drug-likeness (QED) is 0.842. The summed E-state index contributed by atoms with van der Waals surface area (Å²) in [5.41, 5.74) is 0.0675. The van der Waals surface area contributed by atoms with E-state index >= 15 is 0 Å². The number of halogens is 1. The van der Waals surface area contributed by atoms with Crippen LogP contribution in [0.2, 0.25) is 0 Å². The number of nitrogens with one attached hydrogen (secondary N) is 1. The molecule has 0 saturated heterocycles. The minimum atomic E-state index is -3.65. The second-order valence-electron chi connectivity index (χ2n) is 5.66. The summed E-state index contributed by atoms with van der Waals surface area (Å²) in [6, 6.07) is 3.83. The summed E-state index contributed by atoms with van der Waals surface area (Å²) in [5, 5.41) is 8.85. The Hall–Kier alpha value is -0.920. The average molecular weight is 364 g/mol. The van der Waals surface area contributed by atoms with Crippen LogP contribution in [0.1, 0.15) is 37.6 Å². The standard InChI is InChI=1S/C13H18BrNO4S/c1-13(2,3)6-7-15-20(18,19)11-5-4-9(12(16)17)8-10(11)14/h4-5,8,15H,6-7H2,1-3H3,(H,16,17). The molecule has 0 saturated carbocycles. The lowest BCUT2D eigenvalue weighted by Gasteiger charge is -2.18. The van der Waals surface area contributed by atoms with Crippen LogP contribution in [-0.4, -0.2) is 26.0 Å². The molecule has 0 fully saturated rings. The SMILES string of the molecule is CC(C)(C)CCNS(=O)(=O)c1ccc(C(=O)O)cc1Br. The molecule has 0 aromatic heterocycles. The highest BCUT2D eigenvalue weighted by Crippen LogP contribution is 2.24. The van der Waals surface area contributed by atoms with Gasteiger partial charge in [-0.15, -0.1) is 0 Å². The van der Waals surface area contributed by atoms with Crippen LogP contribution >= 0.6 is 15.9 Å². The Bertz CT molecular complexity index is 605. The van der Waals surface area contributed by atoms with E-state index in [4.69, 9.17) is 5.11 Å². The van der Waals surface area contributed by atoms with Gasteiger partial charge in [0.25, 0.3) is 0 Å². The fourth-order valence-electron chi connectivity index (χ4n) is 1.49. The van der Waals surface area contributed by atoms with Crippen LogP contribution in [0.3, 0.4) is 0 Å². The highest BCUT2D eigenvalue weighted by molar-refractivity contribution is 9.10. The fraction of sp³-hybridized carbons (Fsp3) is 0.462. The number of sulfonamides is 1. The largest absolute Gasteiger partial charge is 0.478 e. The van der Waals surface area contributed by atoms with Crippen LogP contribution in [0.4, 0.5) is 0 Å². The summed E-state index contributed by atoms with van der Waals surface area (Å²) in [7, 11) is -3.65. The highest BCUT2D eigenvalue weighted by atomic mass is 79.9. The molecular weight excluding hydrogens is 346 g/mol. The Kier molecular flexibility index (Phi) is 5.34. The maximum absolute atomic E-state index is 12.1.